The topological polar surface area (TPSA) is 49.4 Å². The number of nitrogens with zero attached hydrogens (tertiary/aromatic N) is 1. The third kappa shape index (κ3) is 3.25. The van der Waals surface area contributed by atoms with Crippen molar-refractivity contribution in [2.24, 2.45) is 5.92 Å². The standard InChI is InChI=1S/C13H26N2O2S/c1-10(2)13-7-14-11(3)8-15(13)12-5-4-6-18(16,17)9-12/h10-14H,4-9H2,1-3H3. The van der Waals surface area contributed by atoms with Crippen LogP contribution in [0, 0.1) is 5.92 Å². The van der Waals surface area contributed by atoms with E-state index in [1.54, 1.807) is 0 Å². The van der Waals surface area contributed by atoms with E-state index < -0.39 is 9.84 Å². The van der Waals surface area contributed by atoms with Crippen LogP contribution in [0.5, 0.6) is 0 Å². The fourth-order valence-electron chi connectivity index (χ4n) is 3.25. The second-order valence-electron chi connectivity index (χ2n) is 6.23. The van der Waals surface area contributed by atoms with E-state index in [4.69, 9.17) is 0 Å². The Bertz CT molecular complexity index is 380. The lowest BCUT2D eigenvalue weighted by atomic mass is 9.95. The Morgan fingerprint density at radius 3 is 2.67 bits per heavy atom. The van der Waals surface area contributed by atoms with Crippen molar-refractivity contribution in [1.82, 2.24) is 10.2 Å². The van der Waals surface area contributed by atoms with Crippen molar-refractivity contribution in [3.05, 3.63) is 0 Å². The molecular weight excluding hydrogens is 248 g/mol. The Balaban J connectivity index is 2.12. The van der Waals surface area contributed by atoms with Crippen LogP contribution in [0.4, 0.5) is 0 Å². The lowest BCUT2D eigenvalue weighted by Crippen LogP contribution is -2.62. The van der Waals surface area contributed by atoms with Crippen molar-refractivity contribution in [2.75, 3.05) is 24.6 Å². The Hall–Kier alpha value is -0.130. The first-order valence-electron chi connectivity index (χ1n) is 7.08. The molecule has 0 saturated carbocycles. The van der Waals surface area contributed by atoms with Gasteiger partial charge in [-0.05, 0) is 25.7 Å². The number of hydrogen-bond acceptors (Lipinski definition) is 4. The Labute approximate surface area is 111 Å². The minimum absolute atomic E-state index is 0.237. The number of hydrogen-bond donors (Lipinski definition) is 1. The fraction of sp³-hybridized carbons (Fsp3) is 1.00. The minimum Gasteiger partial charge on any atom is -0.311 e. The second kappa shape index (κ2) is 5.47. The second-order valence-corrected chi connectivity index (χ2v) is 8.46. The first-order valence-corrected chi connectivity index (χ1v) is 8.91. The van der Waals surface area contributed by atoms with Crippen LogP contribution in [0.25, 0.3) is 0 Å². The molecule has 3 atom stereocenters. The van der Waals surface area contributed by atoms with E-state index in [0.29, 0.717) is 29.5 Å². The number of piperazine rings is 1. The highest BCUT2D eigenvalue weighted by molar-refractivity contribution is 7.91. The third-order valence-electron chi connectivity index (χ3n) is 4.26. The molecule has 0 aromatic carbocycles. The van der Waals surface area contributed by atoms with Gasteiger partial charge in [-0.3, -0.25) is 4.90 Å². The van der Waals surface area contributed by atoms with Crippen molar-refractivity contribution in [3.8, 4) is 0 Å². The van der Waals surface area contributed by atoms with Crippen LogP contribution in [0.3, 0.4) is 0 Å². The molecule has 4 nitrogen and oxygen atoms in total. The van der Waals surface area contributed by atoms with E-state index in [-0.39, 0.29) is 6.04 Å². The quantitative estimate of drug-likeness (QED) is 0.812. The molecule has 5 heteroatoms. The van der Waals surface area contributed by atoms with Gasteiger partial charge in [-0.2, -0.15) is 0 Å². The normalized spacial score (nSPS) is 37.9. The molecule has 2 aliphatic rings. The molecule has 0 radical (unpaired) electrons. The van der Waals surface area contributed by atoms with Gasteiger partial charge in [0.1, 0.15) is 0 Å². The van der Waals surface area contributed by atoms with E-state index in [1.165, 1.54) is 0 Å². The largest absolute Gasteiger partial charge is 0.311 e. The van der Waals surface area contributed by atoms with Gasteiger partial charge in [0.15, 0.2) is 9.84 Å². The summed E-state index contributed by atoms with van der Waals surface area (Å²) in [5.74, 6) is 1.31. The van der Waals surface area contributed by atoms with Crippen molar-refractivity contribution in [2.45, 2.75) is 51.7 Å². The summed E-state index contributed by atoms with van der Waals surface area (Å²) in [5, 5.41) is 3.51. The van der Waals surface area contributed by atoms with Gasteiger partial charge in [0, 0.05) is 31.2 Å². The zero-order chi connectivity index (χ0) is 13.3. The van der Waals surface area contributed by atoms with Crippen molar-refractivity contribution < 1.29 is 8.42 Å². The van der Waals surface area contributed by atoms with Gasteiger partial charge >= 0.3 is 0 Å². The van der Waals surface area contributed by atoms with E-state index in [9.17, 15) is 8.42 Å². The predicted octanol–water partition coefficient (Wildman–Crippen LogP) is 0.882. The van der Waals surface area contributed by atoms with E-state index >= 15 is 0 Å². The van der Waals surface area contributed by atoms with Gasteiger partial charge in [0.25, 0.3) is 0 Å². The SMILES string of the molecule is CC1CN(C2CCCS(=O)(=O)C2)C(C(C)C)CN1. The van der Waals surface area contributed by atoms with Gasteiger partial charge in [-0.15, -0.1) is 0 Å². The molecule has 2 aliphatic heterocycles. The van der Waals surface area contributed by atoms with Crippen molar-refractivity contribution >= 4 is 9.84 Å². The maximum atomic E-state index is 11.8. The fourth-order valence-corrected chi connectivity index (χ4v) is 4.97. The van der Waals surface area contributed by atoms with E-state index in [0.717, 1.165) is 25.9 Å². The number of nitrogens with one attached hydrogen (secondary N) is 1. The number of rotatable bonds is 2. The Morgan fingerprint density at radius 1 is 1.33 bits per heavy atom. The molecule has 0 aromatic rings. The number of sulfone groups is 1. The summed E-state index contributed by atoms with van der Waals surface area (Å²) in [6, 6.07) is 1.17. The molecular formula is C13H26N2O2S. The predicted molar refractivity (Wildman–Crippen MR) is 74.5 cm³/mol. The van der Waals surface area contributed by atoms with Crippen LogP contribution in [-0.4, -0.2) is 56.0 Å². The molecule has 2 rings (SSSR count). The summed E-state index contributed by atoms with van der Waals surface area (Å²) >= 11 is 0. The summed E-state index contributed by atoms with van der Waals surface area (Å²) < 4.78 is 23.6. The molecule has 106 valence electrons. The van der Waals surface area contributed by atoms with Crippen LogP contribution < -0.4 is 5.32 Å². The highest BCUT2D eigenvalue weighted by Gasteiger charge is 2.36. The van der Waals surface area contributed by atoms with Gasteiger partial charge in [0.05, 0.1) is 11.5 Å². The summed E-state index contributed by atoms with van der Waals surface area (Å²) in [5.41, 5.74) is 0. The van der Waals surface area contributed by atoms with Gasteiger partial charge in [-0.1, -0.05) is 13.8 Å². The summed E-state index contributed by atoms with van der Waals surface area (Å²) in [7, 11) is -2.81. The molecule has 0 aromatic heterocycles. The summed E-state index contributed by atoms with van der Waals surface area (Å²) in [4.78, 5) is 2.46. The zero-order valence-electron chi connectivity index (χ0n) is 11.7. The lowest BCUT2D eigenvalue weighted by molar-refractivity contribution is 0.0620. The first-order chi connectivity index (χ1) is 8.39. The first kappa shape index (κ1) is 14.3. The van der Waals surface area contributed by atoms with Gasteiger partial charge in [-0.25, -0.2) is 8.42 Å². The van der Waals surface area contributed by atoms with Crippen molar-refractivity contribution in [1.29, 1.82) is 0 Å². The minimum atomic E-state index is -2.81. The maximum absolute atomic E-state index is 11.8. The monoisotopic (exact) mass is 274 g/mol. The van der Waals surface area contributed by atoms with Crippen molar-refractivity contribution in [3.63, 3.8) is 0 Å². The Kier molecular flexibility index (Phi) is 4.34. The zero-order valence-corrected chi connectivity index (χ0v) is 12.5. The average Bonchev–Trinajstić information content (AvgIpc) is 2.27. The van der Waals surface area contributed by atoms with Crippen LogP contribution in [0.1, 0.15) is 33.6 Å². The summed E-state index contributed by atoms with van der Waals surface area (Å²) in [6.45, 7) is 8.60. The highest BCUT2D eigenvalue weighted by atomic mass is 32.2. The molecule has 18 heavy (non-hydrogen) atoms. The molecule has 0 aliphatic carbocycles. The van der Waals surface area contributed by atoms with Gasteiger partial charge < -0.3 is 5.32 Å². The van der Waals surface area contributed by atoms with E-state index in [2.05, 4.69) is 31.0 Å². The smallest absolute Gasteiger partial charge is 0.151 e. The lowest BCUT2D eigenvalue weighted by Gasteiger charge is -2.46. The molecule has 2 heterocycles. The summed E-state index contributed by atoms with van der Waals surface area (Å²) in [6.07, 6.45) is 1.87. The molecule has 1 N–H and O–H groups in total. The van der Waals surface area contributed by atoms with E-state index in [1.807, 2.05) is 0 Å². The highest BCUT2D eigenvalue weighted by Crippen LogP contribution is 2.24. The average molecular weight is 274 g/mol. The molecule has 0 amide bonds. The maximum Gasteiger partial charge on any atom is 0.151 e. The molecule has 2 fully saturated rings. The molecule has 3 unspecified atom stereocenters. The van der Waals surface area contributed by atoms with Crippen LogP contribution >= 0.6 is 0 Å². The van der Waals surface area contributed by atoms with Gasteiger partial charge in [0.2, 0.25) is 0 Å². The molecule has 2 saturated heterocycles. The Morgan fingerprint density at radius 2 is 2.06 bits per heavy atom. The van der Waals surface area contributed by atoms with Crippen LogP contribution in [-0.2, 0) is 9.84 Å². The molecule has 0 spiro atoms. The van der Waals surface area contributed by atoms with Crippen LogP contribution in [0.15, 0.2) is 0 Å². The molecule has 0 bridgehead atoms. The third-order valence-corrected chi connectivity index (χ3v) is 6.07. The van der Waals surface area contributed by atoms with Crippen LogP contribution in [0.2, 0.25) is 0 Å².